The van der Waals surface area contributed by atoms with Gasteiger partial charge in [-0.1, -0.05) is 59.6 Å². The van der Waals surface area contributed by atoms with Crippen LogP contribution < -0.4 is 0 Å². The lowest BCUT2D eigenvalue weighted by molar-refractivity contribution is -0.144. The van der Waals surface area contributed by atoms with Crippen molar-refractivity contribution >= 4 is 35.2 Å². The number of carbonyl (C=O) groups is 1. The van der Waals surface area contributed by atoms with E-state index in [1.54, 1.807) is 43.0 Å². The molecule has 0 amide bonds. The SMILES string of the molecule is O=C(C=Cc1ccccc1)OC(Cn1ccnc1)c1ccc(Cl)cc1Cl. The number of aromatic nitrogens is 2. The molecule has 1 atom stereocenters. The third-order valence-corrected chi connectivity index (χ3v) is 4.28. The van der Waals surface area contributed by atoms with Gasteiger partial charge < -0.3 is 9.30 Å². The van der Waals surface area contributed by atoms with Crippen LogP contribution in [0, 0.1) is 0 Å². The summed E-state index contributed by atoms with van der Waals surface area (Å²) < 4.78 is 7.47. The van der Waals surface area contributed by atoms with Crippen LogP contribution in [0.15, 0.2) is 73.3 Å². The lowest BCUT2D eigenvalue weighted by Crippen LogP contribution is -2.15. The fourth-order valence-corrected chi connectivity index (χ4v) is 2.99. The Bertz CT molecular complexity index is 893. The first-order valence-electron chi connectivity index (χ1n) is 7.96. The van der Waals surface area contributed by atoms with E-state index in [1.807, 2.05) is 34.9 Å². The van der Waals surface area contributed by atoms with Crippen molar-refractivity contribution < 1.29 is 9.53 Å². The minimum atomic E-state index is -0.568. The third kappa shape index (κ3) is 4.97. The van der Waals surface area contributed by atoms with Crippen LogP contribution in [0.2, 0.25) is 10.0 Å². The second-order valence-corrected chi connectivity index (χ2v) is 6.44. The molecule has 0 spiro atoms. The summed E-state index contributed by atoms with van der Waals surface area (Å²) in [6.07, 6.45) is 7.66. The number of esters is 1. The fraction of sp³-hybridized carbons (Fsp3) is 0.100. The van der Waals surface area contributed by atoms with Crippen LogP contribution in [-0.4, -0.2) is 15.5 Å². The van der Waals surface area contributed by atoms with Gasteiger partial charge in [0, 0.05) is 34.1 Å². The summed E-state index contributed by atoms with van der Waals surface area (Å²) in [4.78, 5) is 16.3. The molecule has 4 nitrogen and oxygen atoms in total. The number of benzene rings is 2. The van der Waals surface area contributed by atoms with E-state index in [2.05, 4.69) is 4.98 Å². The summed E-state index contributed by atoms with van der Waals surface area (Å²) in [7, 11) is 0. The molecule has 0 saturated carbocycles. The fourth-order valence-electron chi connectivity index (χ4n) is 2.46. The molecule has 0 aliphatic heterocycles. The van der Waals surface area contributed by atoms with Crippen molar-refractivity contribution in [3.8, 4) is 0 Å². The van der Waals surface area contributed by atoms with E-state index in [1.165, 1.54) is 6.08 Å². The molecule has 0 radical (unpaired) electrons. The lowest BCUT2D eigenvalue weighted by Gasteiger charge is -2.19. The Morgan fingerprint density at radius 2 is 2.00 bits per heavy atom. The van der Waals surface area contributed by atoms with Crippen LogP contribution in [0.5, 0.6) is 0 Å². The van der Waals surface area contributed by atoms with Gasteiger partial charge in [0.2, 0.25) is 0 Å². The number of carbonyl (C=O) groups excluding carboxylic acids is 1. The van der Waals surface area contributed by atoms with Crippen LogP contribution in [-0.2, 0) is 16.1 Å². The van der Waals surface area contributed by atoms with E-state index in [0.717, 1.165) is 5.56 Å². The van der Waals surface area contributed by atoms with Crippen molar-refractivity contribution in [2.24, 2.45) is 0 Å². The molecule has 0 bridgehead atoms. The normalized spacial score (nSPS) is 12.2. The Kier molecular flexibility index (Phi) is 6.10. The summed E-state index contributed by atoms with van der Waals surface area (Å²) >= 11 is 12.3. The van der Waals surface area contributed by atoms with Crippen molar-refractivity contribution in [2.45, 2.75) is 12.6 Å². The van der Waals surface area contributed by atoms with E-state index in [-0.39, 0.29) is 0 Å². The summed E-state index contributed by atoms with van der Waals surface area (Å²) in [6.45, 7) is 0.395. The molecular weight excluding hydrogens is 371 g/mol. The van der Waals surface area contributed by atoms with Gasteiger partial charge in [-0.05, 0) is 23.8 Å². The summed E-state index contributed by atoms with van der Waals surface area (Å²) in [6, 6.07) is 14.6. The second kappa shape index (κ2) is 8.70. The average molecular weight is 387 g/mol. The van der Waals surface area contributed by atoms with Crippen molar-refractivity contribution in [2.75, 3.05) is 0 Å². The highest BCUT2D eigenvalue weighted by Crippen LogP contribution is 2.30. The topological polar surface area (TPSA) is 44.1 Å². The monoisotopic (exact) mass is 386 g/mol. The highest BCUT2D eigenvalue weighted by Gasteiger charge is 2.19. The number of imidazole rings is 1. The maximum Gasteiger partial charge on any atom is 0.331 e. The zero-order valence-corrected chi connectivity index (χ0v) is 15.3. The van der Waals surface area contributed by atoms with Crippen molar-refractivity contribution in [1.29, 1.82) is 0 Å². The highest BCUT2D eigenvalue weighted by atomic mass is 35.5. The number of hydrogen-bond donors (Lipinski definition) is 0. The summed E-state index contributed by atoms with van der Waals surface area (Å²) in [5, 5.41) is 0.970. The number of ether oxygens (including phenoxy) is 1. The van der Waals surface area contributed by atoms with E-state index >= 15 is 0 Å². The molecule has 132 valence electrons. The standard InChI is InChI=1S/C20H16Cl2N2O2/c21-16-7-8-17(18(22)12-16)19(13-24-11-10-23-14-24)26-20(25)9-6-15-4-2-1-3-5-15/h1-12,14,19H,13H2. The molecule has 0 fully saturated rings. The molecule has 2 aromatic carbocycles. The zero-order chi connectivity index (χ0) is 18.4. The van der Waals surface area contributed by atoms with Crippen LogP contribution in [0.3, 0.4) is 0 Å². The van der Waals surface area contributed by atoms with Crippen LogP contribution in [0.25, 0.3) is 6.08 Å². The first-order valence-corrected chi connectivity index (χ1v) is 8.72. The smallest absolute Gasteiger partial charge is 0.331 e. The molecular formula is C20H16Cl2N2O2. The number of rotatable bonds is 6. The van der Waals surface area contributed by atoms with Crippen molar-refractivity contribution in [3.05, 3.63) is 94.5 Å². The Morgan fingerprint density at radius 1 is 1.19 bits per heavy atom. The van der Waals surface area contributed by atoms with E-state index < -0.39 is 12.1 Å². The van der Waals surface area contributed by atoms with Gasteiger partial charge in [-0.3, -0.25) is 0 Å². The Labute approximate surface area is 161 Å². The van der Waals surface area contributed by atoms with Crippen molar-refractivity contribution in [1.82, 2.24) is 9.55 Å². The number of hydrogen-bond acceptors (Lipinski definition) is 3. The predicted octanol–water partition coefficient (Wildman–Crippen LogP) is 5.19. The van der Waals surface area contributed by atoms with Gasteiger partial charge in [0.1, 0.15) is 6.10 Å². The van der Waals surface area contributed by atoms with E-state index in [0.29, 0.717) is 22.2 Å². The van der Waals surface area contributed by atoms with E-state index in [9.17, 15) is 4.79 Å². The molecule has 0 saturated heterocycles. The molecule has 26 heavy (non-hydrogen) atoms. The van der Waals surface area contributed by atoms with Gasteiger partial charge in [-0.2, -0.15) is 0 Å². The van der Waals surface area contributed by atoms with Gasteiger partial charge in [-0.15, -0.1) is 0 Å². The molecule has 3 rings (SSSR count). The molecule has 0 aliphatic carbocycles. The maximum absolute atomic E-state index is 12.3. The number of nitrogens with zero attached hydrogens (tertiary/aromatic N) is 2. The van der Waals surface area contributed by atoms with Crippen LogP contribution in [0.1, 0.15) is 17.2 Å². The number of halogens is 2. The lowest BCUT2D eigenvalue weighted by atomic mass is 10.1. The zero-order valence-electron chi connectivity index (χ0n) is 13.8. The molecule has 6 heteroatoms. The molecule has 1 heterocycles. The summed E-state index contributed by atoms with van der Waals surface area (Å²) in [5.41, 5.74) is 1.60. The Hall–Kier alpha value is -2.56. The van der Waals surface area contributed by atoms with Crippen molar-refractivity contribution in [3.63, 3.8) is 0 Å². The minimum absolute atomic E-state index is 0.395. The Balaban J connectivity index is 1.79. The highest BCUT2D eigenvalue weighted by molar-refractivity contribution is 6.35. The summed E-state index contributed by atoms with van der Waals surface area (Å²) in [5.74, 6) is -0.454. The largest absolute Gasteiger partial charge is 0.452 e. The molecule has 1 unspecified atom stereocenters. The molecule has 1 aromatic heterocycles. The first kappa shape index (κ1) is 18.2. The van der Waals surface area contributed by atoms with Gasteiger partial charge in [0.05, 0.1) is 12.9 Å². The minimum Gasteiger partial charge on any atom is -0.452 e. The predicted molar refractivity (Wildman–Crippen MR) is 103 cm³/mol. The second-order valence-electron chi connectivity index (χ2n) is 5.59. The quantitative estimate of drug-likeness (QED) is 0.432. The molecule has 0 N–H and O–H groups in total. The van der Waals surface area contributed by atoms with Gasteiger partial charge in [0.15, 0.2) is 0 Å². The molecule has 3 aromatic rings. The molecule has 0 aliphatic rings. The average Bonchev–Trinajstić information content (AvgIpc) is 3.13. The Morgan fingerprint density at radius 3 is 2.69 bits per heavy atom. The van der Waals surface area contributed by atoms with E-state index in [4.69, 9.17) is 27.9 Å². The van der Waals surface area contributed by atoms with Gasteiger partial charge >= 0.3 is 5.97 Å². The maximum atomic E-state index is 12.3. The van der Waals surface area contributed by atoms with Gasteiger partial charge in [0.25, 0.3) is 0 Å². The van der Waals surface area contributed by atoms with Gasteiger partial charge in [-0.25, -0.2) is 9.78 Å². The third-order valence-electron chi connectivity index (χ3n) is 3.72. The van der Waals surface area contributed by atoms with Crippen LogP contribution in [0.4, 0.5) is 0 Å². The first-order chi connectivity index (χ1) is 12.6. The van der Waals surface area contributed by atoms with Crippen LogP contribution >= 0.6 is 23.2 Å².